The lowest BCUT2D eigenvalue weighted by Crippen LogP contribution is -2.43. The van der Waals surface area contributed by atoms with E-state index < -0.39 is 0 Å². The third kappa shape index (κ3) is 5.85. The van der Waals surface area contributed by atoms with Crippen LogP contribution in [0.4, 0.5) is 0 Å². The van der Waals surface area contributed by atoms with Gasteiger partial charge in [0.05, 0.1) is 0 Å². The topological polar surface area (TPSA) is 36.4 Å². The zero-order valence-electron chi connectivity index (χ0n) is 13.4. The number of hydrogen-bond donors (Lipinski definition) is 2. The lowest BCUT2D eigenvalue weighted by Gasteiger charge is -2.19. The molecule has 1 aliphatic carbocycles. The second-order valence-electron chi connectivity index (χ2n) is 5.89. The normalized spacial score (nSPS) is 17.2. The number of rotatable bonds is 4. The number of aliphatic imine (C=N–C) groups is 1. The van der Waals surface area contributed by atoms with E-state index in [1.807, 2.05) is 7.05 Å². The summed E-state index contributed by atoms with van der Waals surface area (Å²) >= 11 is 0. The molecule has 4 heteroatoms. The molecule has 0 spiro atoms. The summed E-state index contributed by atoms with van der Waals surface area (Å²) in [6, 6.07) is 9.35. The molecule has 0 aromatic heterocycles. The highest BCUT2D eigenvalue weighted by atomic mass is 127. The fraction of sp³-hybridized carbons (Fsp3) is 0.588. The Kier molecular flexibility index (Phi) is 8.07. The molecule has 1 saturated carbocycles. The van der Waals surface area contributed by atoms with Crippen LogP contribution in [0.25, 0.3) is 0 Å². The molecule has 1 unspecified atom stereocenters. The second kappa shape index (κ2) is 9.28. The smallest absolute Gasteiger partial charge is 0.191 e. The van der Waals surface area contributed by atoms with Crippen molar-refractivity contribution in [3.8, 4) is 0 Å². The van der Waals surface area contributed by atoms with Crippen molar-refractivity contribution in [2.24, 2.45) is 4.99 Å². The van der Waals surface area contributed by atoms with Gasteiger partial charge in [0.2, 0.25) is 0 Å². The number of hydrogen-bond acceptors (Lipinski definition) is 1. The van der Waals surface area contributed by atoms with Crippen molar-refractivity contribution in [2.45, 2.75) is 51.5 Å². The minimum Gasteiger partial charge on any atom is -0.356 e. The van der Waals surface area contributed by atoms with Crippen LogP contribution in [0.5, 0.6) is 0 Å². The lowest BCUT2D eigenvalue weighted by molar-refractivity contribution is 0.605. The van der Waals surface area contributed by atoms with Crippen molar-refractivity contribution in [3.05, 3.63) is 35.4 Å². The summed E-state index contributed by atoms with van der Waals surface area (Å²) in [6.07, 6.45) is 5.23. The summed E-state index contributed by atoms with van der Waals surface area (Å²) in [5, 5.41) is 6.98. The Balaban J connectivity index is 0.00000220. The van der Waals surface area contributed by atoms with Gasteiger partial charge in [0.1, 0.15) is 0 Å². The third-order valence-corrected chi connectivity index (χ3v) is 4.11. The molecule has 21 heavy (non-hydrogen) atoms. The molecule has 0 aliphatic heterocycles. The van der Waals surface area contributed by atoms with E-state index in [1.54, 1.807) is 0 Å². The van der Waals surface area contributed by atoms with E-state index in [9.17, 15) is 0 Å². The first-order valence-corrected chi connectivity index (χ1v) is 7.73. The van der Waals surface area contributed by atoms with Crippen molar-refractivity contribution < 1.29 is 0 Å². The number of nitrogens with one attached hydrogen (secondary N) is 2. The van der Waals surface area contributed by atoms with E-state index in [0.717, 1.165) is 12.5 Å². The van der Waals surface area contributed by atoms with E-state index in [-0.39, 0.29) is 24.0 Å². The zero-order valence-corrected chi connectivity index (χ0v) is 15.7. The van der Waals surface area contributed by atoms with Crippen LogP contribution in [-0.2, 0) is 0 Å². The van der Waals surface area contributed by atoms with Crippen LogP contribution < -0.4 is 10.6 Å². The molecule has 0 bridgehead atoms. The number of benzene rings is 1. The molecule has 1 atom stereocenters. The quantitative estimate of drug-likeness (QED) is 0.457. The van der Waals surface area contributed by atoms with Crippen molar-refractivity contribution in [1.82, 2.24) is 10.6 Å². The van der Waals surface area contributed by atoms with Gasteiger partial charge in [0, 0.05) is 19.6 Å². The van der Waals surface area contributed by atoms with Crippen LogP contribution in [0.15, 0.2) is 29.3 Å². The van der Waals surface area contributed by atoms with E-state index in [4.69, 9.17) is 0 Å². The van der Waals surface area contributed by atoms with Crippen LogP contribution in [0.1, 0.15) is 49.7 Å². The van der Waals surface area contributed by atoms with E-state index in [2.05, 4.69) is 53.7 Å². The minimum absolute atomic E-state index is 0. The fourth-order valence-corrected chi connectivity index (χ4v) is 2.80. The summed E-state index contributed by atoms with van der Waals surface area (Å²) in [5.74, 6) is 1.42. The van der Waals surface area contributed by atoms with Gasteiger partial charge in [0.25, 0.3) is 0 Å². The molecule has 2 rings (SSSR count). The number of halogens is 1. The Labute approximate surface area is 146 Å². The van der Waals surface area contributed by atoms with E-state index in [1.165, 1.54) is 36.8 Å². The second-order valence-corrected chi connectivity index (χ2v) is 5.89. The number of aryl methyl sites for hydroxylation is 1. The average molecular weight is 401 g/mol. The van der Waals surface area contributed by atoms with Crippen LogP contribution >= 0.6 is 24.0 Å². The maximum absolute atomic E-state index is 4.33. The lowest BCUT2D eigenvalue weighted by atomic mass is 9.99. The van der Waals surface area contributed by atoms with Gasteiger partial charge in [-0.3, -0.25) is 4.99 Å². The summed E-state index contributed by atoms with van der Waals surface area (Å²) in [5.41, 5.74) is 2.71. The van der Waals surface area contributed by atoms with Crippen LogP contribution in [0.3, 0.4) is 0 Å². The molecular weight excluding hydrogens is 373 g/mol. The molecule has 0 heterocycles. The van der Waals surface area contributed by atoms with Gasteiger partial charge in [-0.05, 0) is 31.2 Å². The van der Waals surface area contributed by atoms with Crippen LogP contribution in [0.2, 0.25) is 0 Å². The third-order valence-electron chi connectivity index (χ3n) is 4.11. The van der Waals surface area contributed by atoms with Gasteiger partial charge < -0.3 is 10.6 Å². The maximum Gasteiger partial charge on any atom is 0.191 e. The molecule has 0 radical (unpaired) electrons. The number of guanidine groups is 1. The predicted octanol–water partition coefficient (Wildman–Crippen LogP) is 3.82. The first-order valence-electron chi connectivity index (χ1n) is 7.73. The molecule has 1 aliphatic rings. The predicted molar refractivity (Wildman–Crippen MR) is 102 cm³/mol. The van der Waals surface area contributed by atoms with Gasteiger partial charge in [-0.25, -0.2) is 0 Å². The fourth-order valence-electron chi connectivity index (χ4n) is 2.80. The van der Waals surface area contributed by atoms with Gasteiger partial charge in [-0.2, -0.15) is 0 Å². The Morgan fingerprint density at radius 1 is 1.33 bits per heavy atom. The van der Waals surface area contributed by atoms with Crippen molar-refractivity contribution in [3.63, 3.8) is 0 Å². The largest absolute Gasteiger partial charge is 0.356 e. The van der Waals surface area contributed by atoms with Gasteiger partial charge in [0.15, 0.2) is 5.96 Å². The van der Waals surface area contributed by atoms with Gasteiger partial charge in [-0.1, -0.05) is 49.6 Å². The number of nitrogens with zero attached hydrogens (tertiary/aromatic N) is 1. The standard InChI is InChI=1S/C17H27N3.HI/c1-13-7-6-8-15(11-13)14(2)12-19-17(18-3)20-16-9-4-5-10-16;/h6-8,11,14,16H,4-5,9-10,12H2,1-3H3,(H2,18,19,20);1H. The maximum atomic E-state index is 4.33. The molecule has 1 aromatic carbocycles. The first-order chi connectivity index (χ1) is 9.69. The Morgan fingerprint density at radius 3 is 2.67 bits per heavy atom. The van der Waals surface area contributed by atoms with E-state index >= 15 is 0 Å². The Morgan fingerprint density at radius 2 is 2.05 bits per heavy atom. The molecule has 2 N–H and O–H groups in total. The summed E-state index contributed by atoms with van der Waals surface area (Å²) in [6.45, 7) is 5.31. The summed E-state index contributed by atoms with van der Waals surface area (Å²) < 4.78 is 0. The highest BCUT2D eigenvalue weighted by Gasteiger charge is 2.16. The van der Waals surface area contributed by atoms with E-state index in [0.29, 0.717) is 12.0 Å². The first kappa shape index (κ1) is 18.3. The monoisotopic (exact) mass is 401 g/mol. The zero-order chi connectivity index (χ0) is 14.4. The van der Waals surface area contributed by atoms with Crippen LogP contribution in [-0.4, -0.2) is 25.6 Å². The van der Waals surface area contributed by atoms with Crippen molar-refractivity contribution in [1.29, 1.82) is 0 Å². The van der Waals surface area contributed by atoms with Crippen molar-refractivity contribution >= 4 is 29.9 Å². The molecule has 1 aromatic rings. The van der Waals surface area contributed by atoms with Gasteiger partial charge in [-0.15, -0.1) is 24.0 Å². The molecule has 0 saturated heterocycles. The molecule has 118 valence electrons. The Hall–Kier alpha value is -0.780. The van der Waals surface area contributed by atoms with Crippen molar-refractivity contribution in [2.75, 3.05) is 13.6 Å². The highest BCUT2D eigenvalue weighted by Crippen LogP contribution is 2.18. The van der Waals surface area contributed by atoms with Gasteiger partial charge >= 0.3 is 0 Å². The molecule has 3 nitrogen and oxygen atoms in total. The minimum atomic E-state index is 0. The molecule has 1 fully saturated rings. The average Bonchev–Trinajstić information content (AvgIpc) is 2.96. The molecular formula is C17H28IN3. The summed E-state index contributed by atoms with van der Waals surface area (Å²) in [7, 11) is 1.85. The Bertz CT molecular complexity index is 453. The highest BCUT2D eigenvalue weighted by molar-refractivity contribution is 14.0. The SMILES string of the molecule is CN=C(NCC(C)c1cccc(C)c1)NC1CCCC1.I. The summed E-state index contributed by atoms with van der Waals surface area (Å²) in [4.78, 5) is 4.33. The molecule has 0 amide bonds. The van der Waals surface area contributed by atoms with Crippen LogP contribution in [0, 0.1) is 6.92 Å².